The fraction of sp³-hybridized carbons (Fsp3) is 0.478. The van der Waals surface area contributed by atoms with E-state index >= 15 is 0 Å². The number of methoxy groups -OCH3 is 1. The van der Waals surface area contributed by atoms with Crippen molar-refractivity contribution in [3.8, 4) is 17.1 Å². The van der Waals surface area contributed by atoms with E-state index in [-0.39, 0.29) is 6.61 Å². The Morgan fingerprint density at radius 2 is 1.90 bits per heavy atom. The average Bonchev–Trinajstić information content (AvgIpc) is 3.31. The van der Waals surface area contributed by atoms with Crippen LogP contribution < -0.4 is 9.64 Å². The standard InChI is InChI=1S/C23H30N4O3/c1-16-7-8-17(2)27(16)21-10-9-18(15-24-21)23-25-19-5-4-6-20(29-3)22(19)26(23)11-13-30-14-12-28/h4-6,9-10,15-17,28H,7-8,11-14H2,1-3H3/t16-,17-/m0/s1. The van der Waals surface area contributed by atoms with Gasteiger partial charge in [0.15, 0.2) is 0 Å². The summed E-state index contributed by atoms with van der Waals surface area (Å²) in [6.07, 6.45) is 4.31. The molecule has 3 aromatic rings. The molecule has 1 N–H and O–H groups in total. The Hall–Kier alpha value is -2.64. The van der Waals surface area contributed by atoms with Gasteiger partial charge in [0.05, 0.1) is 32.4 Å². The number of imidazole rings is 1. The van der Waals surface area contributed by atoms with Gasteiger partial charge >= 0.3 is 0 Å². The zero-order chi connectivity index (χ0) is 21.1. The van der Waals surface area contributed by atoms with Gasteiger partial charge in [-0.2, -0.15) is 0 Å². The van der Waals surface area contributed by atoms with E-state index in [1.807, 2.05) is 24.4 Å². The fourth-order valence-corrected chi connectivity index (χ4v) is 4.40. The van der Waals surface area contributed by atoms with Gasteiger partial charge in [-0.25, -0.2) is 9.97 Å². The maximum atomic E-state index is 8.99. The van der Waals surface area contributed by atoms with Gasteiger partial charge in [-0.1, -0.05) is 6.07 Å². The minimum absolute atomic E-state index is 0.0135. The van der Waals surface area contributed by atoms with Crippen LogP contribution in [0.5, 0.6) is 5.75 Å². The van der Waals surface area contributed by atoms with Crippen LogP contribution in [0.3, 0.4) is 0 Å². The highest BCUT2D eigenvalue weighted by Gasteiger charge is 2.28. The number of hydrogen-bond acceptors (Lipinski definition) is 6. The molecule has 0 saturated carbocycles. The van der Waals surface area contributed by atoms with E-state index in [1.54, 1.807) is 7.11 Å². The monoisotopic (exact) mass is 410 g/mol. The number of nitrogens with zero attached hydrogens (tertiary/aromatic N) is 4. The van der Waals surface area contributed by atoms with Gasteiger partial charge < -0.3 is 24.0 Å². The van der Waals surface area contributed by atoms with Crippen molar-refractivity contribution in [2.24, 2.45) is 0 Å². The van der Waals surface area contributed by atoms with Crippen molar-refractivity contribution in [1.82, 2.24) is 14.5 Å². The predicted octanol–water partition coefficient (Wildman–Crippen LogP) is 3.49. The van der Waals surface area contributed by atoms with Crippen LogP contribution in [0.1, 0.15) is 26.7 Å². The summed E-state index contributed by atoms with van der Waals surface area (Å²) in [4.78, 5) is 12.1. The van der Waals surface area contributed by atoms with Gasteiger partial charge in [0.2, 0.25) is 0 Å². The van der Waals surface area contributed by atoms with E-state index in [9.17, 15) is 0 Å². The van der Waals surface area contributed by atoms with Crippen LogP contribution in [-0.2, 0) is 11.3 Å². The van der Waals surface area contributed by atoms with Gasteiger partial charge in [-0.15, -0.1) is 0 Å². The molecule has 160 valence electrons. The van der Waals surface area contributed by atoms with E-state index in [2.05, 4.69) is 35.4 Å². The average molecular weight is 411 g/mol. The molecule has 2 aromatic heterocycles. The molecule has 1 saturated heterocycles. The van der Waals surface area contributed by atoms with Crippen LogP contribution in [0, 0.1) is 0 Å². The lowest BCUT2D eigenvalue weighted by Crippen LogP contribution is -2.33. The van der Waals surface area contributed by atoms with Crippen LogP contribution in [0.15, 0.2) is 36.5 Å². The fourth-order valence-electron chi connectivity index (χ4n) is 4.40. The number of pyridine rings is 1. The molecular formula is C23H30N4O3. The number of anilines is 1. The van der Waals surface area contributed by atoms with Crippen LogP contribution in [-0.4, -0.2) is 58.7 Å². The molecule has 30 heavy (non-hydrogen) atoms. The lowest BCUT2D eigenvalue weighted by atomic mass is 10.2. The summed E-state index contributed by atoms with van der Waals surface area (Å²) in [5.41, 5.74) is 2.77. The van der Waals surface area contributed by atoms with Gasteiger partial charge in [0.1, 0.15) is 22.9 Å². The smallest absolute Gasteiger partial charge is 0.144 e. The van der Waals surface area contributed by atoms with Gasteiger partial charge in [0.25, 0.3) is 0 Å². The van der Waals surface area contributed by atoms with Crippen molar-refractivity contribution < 1.29 is 14.6 Å². The summed E-state index contributed by atoms with van der Waals surface area (Å²) in [5.74, 6) is 2.63. The number of para-hydroxylation sites is 1. The minimum atomic E-state index is 0.0135. The first-order valence-electron chi connectivity index (χ1n) is 10.6. The molecule has 0 spiro atoms. The van der Waals surface area contributed by atoms with Crippen LogP contribution in [0.4, 0.5) is 5.82 Å². The molecule has 0 bridgehead atoms. The van der Waals surface area contributed by atoms with Crippen molar-refractivity contribution in [2.75, 3.05) is 31.8 Å². The summed E-state index contributed by atoms with van der Waals surface area (Å²) in [7, 11) is 1.67. The number of aromatic nitrogens is 3. The molecule has 3 heterocycles. The van der Waals surface area contributed by atoms with E-state index in [0.29, 0.717) is 31.8 Å². The molecule has 0 radical (unpaired) electrons. The summed E-state index contributed by atoms with van der Waals surface area (Å²) in [5, 5.41) is 8.99. The largest absolute Gasteiger partial charge is 0.494 e. The van der Waals surface area contributed by atoms with Crippen molar-refractivity contribution >= 4 is 16.9 Å². The number of fused-ring (bicyclic) bond motifs is 1. The van der Waals surface area contributed by atoms with E-state index in [1.165, 1.54) is 12.8 Å². The normalized spacial score (nSPS) is 19.0. The number of aliphatic hydroxyl groups is 1. The Morgan fingerprint density at radius 1 is 1.10 bits per heavy atom. The molecule has 1 aliphatic rings. The maximum absolute atomic E-state index is 8.99. The number of benzene rings is 1. The Labute approximate surface area is 177 Å². The third-order valence-electron chi connectivity index (χ3n) is 5.87. The molecule has 1 aromatic carbocycles. The second kappa shape index (κ2) is 9.02. The molecule has 7 nitrogen and oxygen atoms in total. The first-order chi connectivity index (χ1) is 14.6. The number of rotatable bonds is 8. The highest BCUT2D eigenvalue weighted by molar-refractivity contribution is 5.86. The van der Waals surface area contributed by atoms with Crippen molar-refractivity contribution in [2.45, 2.75) is 45.3 Å². The highest BCUT2D eigenvalue weighted by atomic mass is 16.5. The second-order valence-electron chi connectivity index (χ2n) is 7.84. The maximum Gasteiger partial charge on any atom is 0.144 e. The molecule has 7 heteroatoms. The quantitative estimate of drug-likeness (QED) is 0.573. The molecule has 0 amide bonds. The lowest BCUT2D eigenvalue weighted by Gasteiger charge is -2.27. The summed E-state index contributed by atoms with van der Waals surface area (Å²) in [6, 6.07) is 11.1. The Bertz CT molecular complexity index is 976. The van der Waals surface area contributed by atoms with E-state index < -0.39 is 0 Å². The van der Waals surface area contributed by atoms with Crippen LogP contribution in [0.25, 0.3) is 22.4 Å². The molecule has 4 rings (SSSR count). The molecule has 1 aliphatic heterocycles. The van der Waals surface area contributed by atoms with E-state index in [0.717, 1.165) is 34.0 Å². The first-order valence-corrected chi connectivity index (χ1v) is 10.6. The molecule has 1 fully saturated rings. The summed E-state index contributed by atoms with van der Waals surface area (Å²) >= 11 is 0. The van der Waals surface area contributed by atoms with Gasteiger partial charge in [-0.3, -0.25) is 0 Å². The minimum Gasteiger partial charge on any atom is -0.494 e. The number of hydrogen-bond donors (Lipinski definition) is 1. The van der Waals surface area contributed by atoms with Crippen LogP contribution in [0.2, 0.25) is 0 Å². The molecule has 0 aliphatic carbocycles. The molecule has 2 atom stereocenters. The lowest BCUT2D eigenvalue weighted by molar-refractivity contribution is 0.0876. The third-order valence-corrected chi connectivity index (χ3v) is 5.87. The van der Waals surface area contributed by atoms with Gasteiger partial charge in [-0.05, 0) is 51.0 Å². The SMILES string of the molecule is COc1cccc2nc(-c3ccc(N4[C@@H](C)CC[C@@H]4C)nc3)n(CCOCCO)c12. The van der Waals surface area contributed by atoms with Crippen molar-refractivity contribution in [3.63, 3.8) is 0 Å². The Kier molecular flexibility index (Phi) is 6.20. The topological polar surface area (TPSA) is 72.6 Å². The number of aliphatic hydroxyl groups excluding tert-OH is 1. The highest BCUT2D eigenvalue weighted by Crippen LogP contribution is 2.33. The van der Waals surface area contributed by atoms with Gasteiger partial charge in [0, 0.05) is 30.4 Å². The van der Waals surface area contributed by atoms with E-state index in [4.69, 9.17) is 24.5 Å². The summed E-state index contributed by atoms with van der Waals surface area (Å²) < 4.78 is 13.2. The van der Waals surface area contributed by atoms with Crippen molar-refractivity contribution in [1.29, 1.82) is 0 Å². The third kappa shape index (κ3) is 3.87. The Morgan fingerprint density at radius 3 is 2.57 bits per heavy atom. The van der Waals surface area contributed by atoms with Crippen molar-refractivity contribution in [3.05, 3.63) is 36.5 Å². The molecule has 0 unspecified atom stereocenters. The number of ether oxygens (including phenoxy) is 2. The first kappa shape index (κ1) is 20.6. The zero-order valence-corrected chi connectivity index (χ0v) is 17.9. The second-order valence-corrected chi connectivity index (χ2v) is 7.84. The molecular weight excluding hydrogens is 380 g/mol. The zero-order valence-electron chi connectivity index (χ0n) is 17.9. The van der Waals surface area contributed by atoms with Crippen LogP contribution >= 0.6 is 0 Å². The Balaban J connectivity index is 1.70. The predicted molar refractivity (Wildman–Crippen MR) is 118 cm³/mol. The summed E-state index contributed by atoms with van der Waals surface area (Å²) in [6.45, 7) is 5.94.